The molecule has 1 aromatic carbocycles. The first-order valence-electron chi connectivity index (χ1n) is 12.4. The Bertz CT molecular complexity index is 1500. The number of rotatable bonds is 3. The number of anilines is 1. The van der Waals surface area contributed by atoms with E-state index in [0.717, 1.165) is 45.4 Å². The summed E-state index contributed by atoms with van der Waals surface area (Å²) in [5, 5.41) is 16.5. The highest BCUT2D eigenvalue weighted by Crippen LogP contribution is 2.51. The van der Waals surface area contributed by atoms with Gasteiger partial charge in [0.05, 0.1) is 5.60 Å². The Morgan fingerprint density at radius 3 is 2.71 bits per heavy atom. The molecular weight excluding hydrogens is 426 g/mol. The lowest BCUT2D eigenvalue weighted by Crippen LogP contribution is -2.40. The normalized spacial score (nSPS) is 30.3. The van der Waals surface area contributed by atoms with Crippen LogP contribution in [0.4, 0.5) is 5.82 Å². The monoisotopic (exact) mass is 455 g/mol. The molecular formula is C27H29N5O2. The van der Waals surface area contributed by atoms with E-state index >= 15 is 0 Å². The van der Waals surface area contributed by atoms with E-state index in [-0.39, 0.29) is 11.5 Å². The van der Waals surface area contributed by atoms with E-state index < -0.39 is 5.60 Å². The molecule has 0 saturated heterocycles. The summed E-state index contributed by atoms with van der Waals surface area (Å²) < 4.78 is 3.85. The zero-order valence-electron chi connectivity index (χ0n) is 19.3. The highest BCUT2D eigenvalue weighted by atomic mass is 16.3. The van der Waals surface area contributed by atoms with Gasteiger partial charge in [-0.3, -0.25) is 4.79 Å². The maximum absolute atomic E-state index is 13.6. The van der Waals surface area contributed by atoms with Crippen LogP contribution >= 0.6 is 0 Å². The molecule has 4 fully saturated rings. The van der Waals surface area contributed by atoms with Gasteiger partial charge in [0.25, 0.3) is 5.56 Å². The highest BCUT2D eigenvalue weighted by Gasteiger charge is 2.42. The fourth-order valence-electron chi connectivity index (χ4n) is 6.84. The lowest BCUT2D eigenvalue weighted by Gasteiger charge is -2.47. The van der Waals surface area contributed by atoms with Gasteiger partial charge in [-0.2, -0.15) is 5.10 Å². The minimum atomic E-state index is -0.638. The van der Waals surface area contributed by atoms with Crippen LogP contribution in [0.3, 0.4) is 0 Å². The van der Waals surface area contributed by atoms with Gasteiger partial charge in [-0.25, -0.2) is 9.50 Å². The molecule has 7 nitrogen and oxygen atoms in total. The van der Waals surface area contributed by atoms with E-state index in [1.165, 1.54) is 25.6 Å². The van der Waals surface area contributed by atoms with Crippen LogP contribution < -0.4 is 11.3 Å². The summed E-state index contributed by atoms with van der Waals surface area (Å²) in [4.78, 5) is 17.9. The van der Waals surface area contributed by atoms with E-state index in [4.69, 9.17) is 5.73 Å². The van der Waals surface area contributed by atoms with Crippen molar-refractivity contribution in [3.63, 3.8) is 0 Å². The van der Waals surface area contributed by atoms with Crippen LogP contribution in [0.25, 0.3) is 27.4 Å². The van der Waals surface area contributed by atoms with Crippen LogP contribution in [0.5, 0.6) is 0 Å². The number of nitrogens with zero attached hydrogens (tertiary/aromatic N) is 4. The molecule has 1 atom stereocenters. The molecule has 4 aliphatic carbocycles. The third kappa shape index (κ3) is 2.89. The average Bonchev–Trinajstić information content (AvgIpc) is 3.18. The van der Waals surface area contributed by atoms with Crippen molar-refractivity contribution in [2.75, 3.05) is 5.73 Å². The first-order chi connectivity index (χ1) is 16.4. The largest absolute Gasteiger partial charge is 0.390 e. The Labute approximate surface area is 197 Å². The molecule has 2 bridgehead atoms. The maximum Gasteiger partial charge on any atom is 0.258 e. The number of nitrogens with two attached hydrogens (primary N) is 1. The molecule has 4 aliphatic rings. The van der Waals surface area contributed by atoms with E-state index in [9.17, 15) is 9.90 Å². The van der Waals surface area contributed by atoms with Crippen LogP contribution in [-0.4, -0.2) is 29.9 Å². The minimum absolute atomic E-state index is 0.0951. The summed E-state index contributed by atoms with van der Waals surface area (Å²) in [6.45, 7) is 1.87. The molecule has 0 amide bonds. The van der Waals surface area contributed by atoms with Gasteiger partial charge in [0.1, 0.15) is 11.8 Å². The molecule has 4 aromatic rings. The van der Waals surface area contributed by atoms with Gasteiger partial charge in [-0.15, -0.1) is 0 Å². The quantitative estimate of drug-likeness (QED) is 0.480. The third-order valence-corrected chi connectivity index (χ3v) is 8.69. The molecule has 7 heteroatoms. The number of pyridine rings is 1. The fraction of sp³-hybridized carbons (Fsp3) is 0.444. The first kappa shape index (κ1) is 20.2. The summed E-state index contributed by atoms with van der Waals surface area (Å²) in [6, 6.07) is 10.6. The molecule has 0 spiro atoms. The lowest BCUT2D eigenvalue weighted by atomic mass is 9.62. The minimum Gasteiger partial charge on any atom is -0.390 e. The number of nitrogen functional groups attached to an aromatic ring is 1. The first-order valence-corrected chi connectivity index (χ1v) is 12.4. The summed E-state index contributed by atoms with van der Waals surface area (Å²) in [7, 11) is 0. The molecule has 34 heavy (non-hydrogen) atoms. The molecule has 3 N–H and O–H groups in total. The van der Waals surface area contributed by atoms with E-state index in [2.05, 4.69) is 22.2 Å². The third-order valence-electron chi connectivity index (χ3n) is 8.69. The molecule has 3 heterocycles. The number of hydrogen-bond acceptors (Lipinski definition) is 5. The van der Waals surface area contributed by atoms with Gasteiger partial charge in [0, 0.05) is 34.8 Å². The highest BCUT2D eigenvalue weighted by molar-refractivity contribution is 5.93. The van der Waals surface area contributed by atoms with Gasteiger partial charge in [-0.05, 0) is 86.4 Å². The second-order valence-electron chi connectivity index (χ2n) is 11.1. The Balaban J connectivity index is 1.37. The van der Waals surface area contributed by atoms with E-state index in [1.54, 1.807) is 0 Å². The number of aliphatic hydroxyl groups is 1. The van der Waals surface area contributed by atoms with Crippen molar-refractivity contribution >= 4 is 22.1 Å². The summed E-state index contributed by atoms with van der Waals surface area (Å²) in [6.07, 6.45) is 9.71. The number of benzene rings is 1. The predicted octanol–water partition coefficient (Wildman–Crippen LogP) is 4.28. The van der Waals surface area contributed by atoms with Crippen LogP contribution in [0, 0.1) is 11.8 Å². The van der Waals surface area contributed by atoms with Gasteiger partial charge in [0.15, 0.2) is 5.82 Å². The van der Waals surface area contributed by atoms with Gasteiger partial charge in [0.2, 0.25) is 0 Å². The summed E-state index contributed by atoms with van der Waals surface area (Å²) >= 11 is 0. The predicted molar refractivity (Wildman–Crippen MR) is 132 cm³/mol. The van der Waals surface area contributed by atoms with E-state index in [1.807, 2.05) is 40.4 Å². The molecule has 174 valence electrons. The van der Waals surface area contributed by atoms with Crippen molar-refractivity contribution in [1.82, 2.24) is 19.2 Å². The van der Waals surface area contributed by atoms with Gasteiger partial charge < -0.3 is 15.4 Å². The SMILES string of the molecule is CC1(O)CC(c2cc(-c3ccc4ccn([C@H]5CCC6CC5C6)c(=O)c4c3)c3c(N)ncnn23)C1. The van der Waals surface area contributed by atoms with Crippen LogP contribution in [-0.2, 0) is 0 Å². The van der Waals surface area contributed by atoms with Crippen molar-refractivity contribution < 1.29 is 5.11 Å². The zero-order chi connectivity index (χ0) is 23.2. The van der Waals surface area contributed by atoms with Gasteiger partial charge >= 0.3 is 0 Å². The molecule has 4 saturated carbocycles. The van der Waals surface area contributed by atoms with Crippen molar-refractivity contribution in [1.29, 1.82) is 0 Å². The fourth-order valence-corrected chi connectivity index (χ4v) is 6.84. The molecule has 8 rings (SSSR count). The number of fused-ring (bicyclic) bond motifs is 4. The molecule has 0 aliphatic heterocycles. The Hall–Kier alpha value is -3.19. The lowest BCUT2D eigenvalue weighted by molar-refractivity contribution is -0.0326. The molecule has 0 unspecified atom stereocenters. The number of aromatic nitrogens is 4. The van der Waals surface area contributed by atoms with Crippen molar-refractivity contribution in [3.05, 3.63) is 58.9 Å². The Kier molecular flexibility index (Phi) is 4.11. The van der Waals surface area contributed by atoms with Crippen LogP contribution in [0.15, 0.2) is 47.7 Å². The van der Waals surface area contributed by atoms with Crippen molar-refractivity contribution in [2.45, 2.75) is 63.0 Å². The molecule has 3 aromatic heterocycles. The molecule has 0 radical (unpaired) electrons. The van der Waals surface area contributed by atoms with Crippen molar-refractivity contribution in [3.8, 4) is 11.1 Å². The summed E-state index contributed by atoms with van der Waals surface area (Å²) in [5.74, 6) is 2.15. The number of hydrogen-bond donors (Lipinski definition) is 2. The Morgan fingerprint density at radius 2 is 1.97 bits per heavy atom. The second-order valence-corrected chi connectivity index (χ2v) is 11.1. The van der Waals surface area contributed by atoms with Crippen LogP contribution in [0.2, 0.25) is 0 Å². The standard InChI is InChI=1S/C27H29N5O2/c1-27(34)12-19(13-27)23-11-20(24-25(28)29-14-30-32(23)24)17-4-3-16-6-7-31(26(33)21(16)10-17)22-5-2-15-8-18(22)9-15/h3-4,6-7,10-11,14-15,18-19,22,34H,2,5,8-9,12-13H2,1H3,(H2,28,29,30)/t15?,18?,19?,22-,27?/m0/s1. The second kappa shape index (κ2) is 6.92. The van der Waals surface area contributed by atoms with Crippen molar-refractivity contribution in [2.24, 2.45) is 11.8 Å². The zero-order valence-corrected chi connectivity index (χ0v) is 19.3. The van der Waals surface area contributed by atoms with E-state index in [0.29, 0.717) is 30.6 Å². The average molecular weight is 456 g/mol. The summed E-state index contributed by atoms with van der Waals surface area (Å²) in [5.41, 5.74) is 9.42. The topological polar surface area (TPSA) is 98.4 Å². The maximum atomic E-state index is 13.6. The van der Waals surface area contributed by atoms with Crippen LogP contribution in [0.1, 0.15) is 63.1 Å². The van der Waals surface area contributed by atoms with Gasteiger partial charge in [-0.1, -0.05) is 12.1 Å². The smallest absolute Gasteiger partial charge is 0.258 e. The Morgan fingerprint density at radius 1 is 1.15 bits per heavy atom.